The molecule has 3 N–H and O–H groups in total. The first-order valence-corrected chi connectivity index (χ1v) is 11.3. The molecule has 1 rings (SSSR count). The fraction of sp³-hybridized carbons (Fsp3) is 0.636. The van der Waals surface area contributed by atoms with Gasteiger partial charge in [-0.25, -0.2) is 9.59 Å². The largest absolute Gasteiger partial charge is 0.448 e. The number of aliphatic hydroxyl groups is 1. The maximum absolute atomic E-state index is 11.8. The number of amides is 2. The van der Waals surface area contributed by atoms with E-state index in [1.807, 2.05) is 30.9 Å². The molecule has 0 heterocycles. The van der Waals surface area contributed by atoms with Crippen LogP contribution in [0.1, 0.15) is 51.1 Å². The van der Waals surface area contributed by atoms with Crippen molar-refractivity contribution in [2.45, 2.75) is 45.6 Å². The van der Waals surface area contributed by atoms with Crippen LogP contribution in [0.4, 0.5) is 9.59 Å². The van der Waals surface area contributed by atoms with E-state index in [1.165, 1.54) is 0 Å². The third-order valence-electron chi connectivity index (χ3n) is 4.67. The molecule has 1 atom stereocenters. The van der Waals surface area contributed by atoms with E-state index in [1.54, 1.807) is 12.1 Å². The second kappa shape index (κ2) is 16.6. The Morgan fingerprint density at radius 2 is 1.58 bits per heavy atom. The van der Waals surface area contributed by atoms with Crippen molar-refractivity contribution in [1.82, 2.24) is 15.5 Å². The summed E-state index contributed by atoms with van der Waals surface area (Å²) in [5.41, 5.74) is 0.829. The maximum atomic E-state index is 11.8. The number of aliphatic hydroxyl groups excluding tert-OH is 1. The molecule has 0 spiro atoms. The SMILES string of the molecule is CCCCNC(=O)OCCN(CCOC(=O)NCCCC)C(CO)c1cccc(Cl)c1. The van der Waals surface area contributed by atoms with Crippen molar-refractivity contribution in [3.8, 4) is 0 Å². The second-order valence-corrected chi connectivity index (χ2v) is 7.56. The molecule has 0 saturated heterocycles. The molecule has 0 aliphatic heterocycles. The number of ether oxygens (including phenoxy) is 2. The average Bonchev–Trinajstić information content (AvgIpc) is 2.74. The molecule has 0 fully saturated rings. The predicted molar refractivity (Wildman–Crippen MR) is 121 cm³/mol. The van der Waals surface area contributed by atoms with Gasteiger partial charge >= 0.3 is 12.2 Å². The predicted octanol–water partition coefficient (Wildman–Crippen LogP) is 3.73. The molecule has 176 valence electrons. The van der Waals surface area contributed by atoms with Gasteiger partial charge in [0.15, 0.2) is 0 Å². The number of rotatable bonds is 15. The maximum Gasteiger partial charge on any atom is 0.407 e. The molecule has 2 amide bonds. The fourth-order valence-corrected chi connectivity index (χ4v) is 3.12. The molecule has 1 aromatic carbocycles. The smallest absolute Gasteiger partial charge is 0.407 e. The number of carbonyl (C=O) groups excluding carboxylic acids is 2. The van der Waals surface area contributed by atoms with Gasteiger partial charge in [0.05, 0.1) is 12.6 Å². The van der Waals surface area contributed by atoms with Crippen molar-refractivity contribution in [2.75, 3.05) is 46.0 Å². The Hall–Kier alpha value is -2.03. The van der Waals surface area contributed by atoms with Crippen LogP contribution in [0.5, 0.6) is 0 Å². The number of carbonyl (C=O) groups is 2. The Bertz CT molecular complexity index is 619. The fourth-order valence-electron chi connectivity index (χ4n) is 2.92. The Morgan fingerprint density at radius 3 is 2.03 bits per heavy atom. The van der Waals surface area contributed by atoms with Gasteiger partial charge < -0.3 is 25.2 Å². The summed E-state index contributed by atoms with van der Waals surface area (Å²) in [6, 6.07) is 6.85. The Kier molecular flexibility index (Phi) is 14.5. The minimum Gasteiger partial charge on any atom is -0.448 e. The molecule has 1 aromatic rings. The molecule has 0 saturated carbocycles. The summed E-state index contributed by atoms with van der Waals surface area (Å²) in [5, 5.41) is 16.0. The molecule has 0 radical (unpaired) electrons. The van der Waals surface area contributed by atoms with Crippen LogP contribution in [0.3, 0.4) is 0 Å². The first-order valence-electron chi connectivity index (χ1n) is 10.9. The summed E-state index contributed by atoms with van der Waals surface area (Å²) < 4.78 is 10.5. The van der Waals surface area contributed by atoms with E-state index < -0.39 is 12.2 Å². The molecule has 0 aromatic heterocycles. The number of alkyl carbamates (subject to hydrolysis) is 2. The van der Waals surface area contributed by atoms with Crippen molar-refractivity contribution in [2.24, 2.45) is 0 Å². The summed E-state index contributed by atoms with van der Waals surface area (Å²) in [4.78, 5) is 25.5. The van der Waals surface area contributed by atoms with Crippen LogP contribution in [0.25, 0.3) is 0 Å². The monoisotopic (exact) mass is 457 g/mol. The van der Waals surface area contributed by atoms with Gasteiger partial charge in [0.25, 0.3) is 0 Å². The Labute approximate surface area is 190 Å². The van der Waals surface area contributed by atoms with Gasteiger partial charge in [-0.05, 0) is 30.5 Å². The molecule has 0 aliphatic carbocycles. The lowest BCUT2D eigenvalue weighted by molar-refractivity contribution is 0.0664. The van der Waals surface area contributed by atoms with Gasteiger partial charge in [0.1, 0.15) is 13.2 Å². The third-order valence-corrected chi connectivity index (χ3v) is 4.90. The van der Waals surface area contributed by atoms with Crippen LogP contribution < -0.4 is 10.6 Å². The standard InChI is InChI=1S/C22H36ClN3O5/c1-3-5-10-24-21(28)30-14-12-26(13-15-31-22(29)25-11-6-4-2)20(17-27)18-8-7-9-19(23)16-18/h7-9,16,20,27H,3-6,10-15,17H2,1-2H3,(H,24,28)(H,25,29). The molecule has 31 heavy (non-hydrogen) atoms. The van der Waals surface area contributed by atoms with Crippen molar-refractivity contribution in [1.29, 1.82) is 0 Å². The number of hydrogen-bond acceptors (Lipinski definition) is 6. The van der Waals surface area contributed by atoms with Crippen LogP contribution >= 0.6 is 11.6 Å². The van der Waals surface area contributed by atoms with Crippen molar-refractivity contribution in [3.63, 3.8) is 0 Å². The molecule has 8 nitrogen and oxygen atoms in total. The first kappa shape index (κ1) is 27.0. The van der Waals surface area contributed by atoms with Crippen molar-refractivity contribution in [3.05, 3.63) is 34.9 Å². The van der Waals surface area contributed by atoms with Crippen LogP contribution in [-0.4, -0.2) is 68.2 Å². The summed E-state index contributed by atoms with van der Waals surface area (Å²) >= 11 is 6.11. The molecule has 9 heteroatoms. The van der Waals surface area contributed by atoms with Gasteiger partial charge in [-0.2, -0.15) is 0 Å². The van der Waals surface area contributed by atoms with E-state index in [2.05, 4.69) is 10.6 Å². The highest BCUT2D eigenvalue weighted by Gasteiger charge is 2.21. The zero-order chi connectivity index (χ0) is 22.9. The second-order valence-electron chi connectivity index (χ2n) is 7.12. The third kappa shape index (κ3) is 11.8. The number of nitrogens with zero attached hydrogens (tertiary/aromatic N) is 1. The summed E-state index contributed by atoms with van der Waals surface area (Å²) in [6.07, 6.45) is 2.81. The van der Waals surface area contributed by atoms with Gasteiger partial charge in [0.2, 0.25) is 0 Å². The minimum absolute atomic E-state index is 0.137. The van der Waals surface area contributed by atoms with Gasteiger partial charge in [-0.1, -0.05) is 50.4 Å². The van der Waals surface area contributed by atoms with Crippen LogP contribution in [0, 0.1) is 0 Å². The van der Waals surface area contributed by atoms with Crippen molar-refractivity contribution >= 4 is 23.8 Å². The Balaban J connectivity index is 2.65. The molecular weight excluding hydrogens is 422 g/mol. The zero-order valence-corrected chi connectivity index (χ0v) is 19.3. The summed E-state index contributed by atoms with van der Waals surface area (Å²) in [5.74, 6) is 0. The van der Waals surface area contributed by atoms with E-state index in [4.69, 9.17) is 21.1 Å². The number of benzene rings is 1. The lowest BCUT2D eigenvalue weighted by Crippen LogP contribution is -2.38. The van der Waals surface area contributed by atoms with Gasteiger partial charge in [0, 0.05) is 31.2 Å². The quantitative estimate of drug-likeness (QED) is 0.347. The zero-order valence-electron chi connectivity index (χ0n) is 18.6. The average molecular weight is 458 g/mol. The molecule has 1 unspecified atom stereocenters. The van der Waals surface area contributed by atoms with Gasteiger partial charge in [-0.3, -0.25) is 4.90 Å². The lowest BCUT2D eigenvalue weighted by Gasteiger charge is -2.30. The summed E-state index contributed by atoms with van der Waals surface area (Å²) in [7, 11) is 0. The highest BCUT2D eigenvalue weighted by Crippen LogP contribution is 2.23. The van der Waals surface area contributed by atoms with Crippen LogP contribution in [0.15, 0.2) is 24.3 Å². The minimum atomic E-state index is -0.469. The topological polar surface area (TPSA) is 100 Å². The highest BCUT2D eigenvalue weighted by molar-refractivity contribution is 6.30. The van der Waals surface area contributed by atoms with Crippen LogP contribution in [0.2, 0.25) is 5.02 Å². The Morgan fingerprint density at radius 1 is 1.03 bits per heavy atom. The van der Waals surface area contributed by atoms with Crippen molar-refractivity contribution < 1.29 is 24.2 Å². The number of unbranched alkanes of at least 4 members (excludes halogenated alkanes) is 2. The van der Waals surface area contributed by atoms with E-state index in [0.29, 0.717) is 31.2 Å². The molecule has 0 bridgehead atoms. The lowest BCUT2D eigenvalue weighted by atomic mass is 10.1. The molecule has 0 aliphatic rings. The van der Waals surface area contributed by atoms with E-state index >= 15 is 0 Å². The van der Waals surface area contributed by atoms with Gasteiger partial charge in [-0.15, -0.1) is 0 Å². The van der Waals surface area contributed by atoms with Crippen LogP contribution in [-0.2, 0) is 9.47 Å². The normalized spacial score (nSPS) is 11.8. The number of hydrogen-bond donors (Lipinski definition) is 3. The van der Waals surface area contributed by atoms with E-state index in [0.717, 1.165) is 31.2 Å². The number of nitrogens with one attached hydrogen (secondary N) is 2. The first-order chi connectivity index (χ1) is 15.0. The van der Waals surface area contributed by atoms with E-state index in [9.17, 15) is 14.7 Å². The van der Waals surface area contributed by atoms with E-state index in [-0.39, 0.29) is 25.9 Å². The summed E-state index contributed by atoms with van der Waals surface area (Å²) in [6.45, 7) is 6.06. The molecular formula is C22H36ClN3O5. The highest BCUT2D eigenvalue weighted by atomic mass is 35.5. The number of halogens is 1.